The fraction of sp³-hybridized carbons (Fsp3) is 0.641. The zero-order chi connectivity index (χ0) is 66.2. The number of amides is 1. The topological polar surface area (TPSA) is 254 Å². The second-order valence-corrected chi connectivity index (χ2v) is 29.2. The third kappa shape index (κ3) is 16.4. The number of piperidine rings is 3. The van der Waals surface area contributed by atoms with Crippen molar-refractivity contribution in [3.8, 4) is 0 Å². The molecule has 10 aliphatic rings. The van der Waals surface area contributed by atoms with Crippen molar-refractivity contribution in [1.29, 1.82) is 0 Å². The Bertz CT molecular complexity index is 3660. The maximum atomic E-state index is 13.6. The van der Waals surface area contributed by atoms with Crippen molar-refractivity contribution in [2.45, 2.75) is 298 Å². The number of nitrogens with one attached hydrogen (secondary N) is 1. The summed E-state index contributed by atoms with van der Waals surface area (Å²) in [6.45, 7) is 6.01. The molecule has 3 aliphatic carbocycles. The van der Waals surface area contributed by atoms with E-state index in [1.807, 2.05) is 86.8 Å². The molecule has 2 aromatic heterocycles. The van der Waals surface area contributed by atoms with Crippen LogP contribution in [0.2, 0.25) is 0 Å². The van der Waals surface area contributed by atoms with E-state index in [0.29, 0.717) is 65.4 Å². The molecule has 5 aromatic rings. The van der Waals surface area contributed by atoms with Crippen LogP contribution in [0.3, 0.4) is 0 Å². The molecule has 0 spiro atoms. The molecule has 3 aromatic carbocycles. The molecule has 7 aliphatic heterocycles. The Morgan fingerprint density at radius 2 is 0.848 bits per heavy atom. The number of esters is 3. The number of carbonyl (C=O) groups excluding carboxylic acids is 4. The van der Waals surface area contributed by atoms with Crippen LogP contribution < -0.4 is 21.3 Å². The van der Waals surface area contributed by atoms with Gasteiger partial charge in [0.15, 0.2) is 0 Å². The Labute approximate surface area is 599 Å². The van der Waals surface area contributed by atoms with Crippen LogP contribution >= 0.6 is 0 Å². The zero-order valence-corrected chi connectivity index (χ0v) is 60.3. The molecule has 5 unspecified atom stereocenters. The van der Waals surface area contributed by atoms with Crippen molar-refractivity contribution in [1.82, 2.24) is 33.8 Å². The number of anilines is 2. The molecule has 8 fully saturated rings. The van der Waals surface area contributed by atoms with Gasteiger partial charge in [-0.2, -0.15) is 0 Å². The summed E-state index contributed by atoms with van der Waals surface area (Å²) in [5.41, 5.74) is 3.96. The monoisotopic (exact) mass is 1460 g/mol. The summed E-state index contributed by atoms with van der Waals surface area (Å²) < 4.78 is 19.2. The van der Waals surface area contributed by atoms with Crippen molar-refractivity contribution >= 4 is 57.3 Å². The van der Waals surface area contributed by atoms with Crippen molar-refractivity contribution in [2.24, 2.45) is 0 Å². The number of hydrogen-bond donors (Lipinski definition) is 1. The van der Waals surface area contributed by atoms with Gasteiger partial charge in [0.25, 0.3) is 17.0 Å². The summed E-state index contributed by atoms with van der Waals surface area (Å²) >= 11 is 0. The minimum Gasteiger partial charge on any atom is -0.464 e. The normalized spacial score (nSPS) is 28.5. The average Bonchev–Trinajstić information content (AvgIpc) is 1.29. The molecule has 5 N–H and O–H groups in total. The molecule has 544 valence electrons. The van der Waals surface area contributed by atoms with Gasteiger partial charge >= 0.3 is 17.9 Å². The Morgan fingerprint density at radius 1 is 0.455 bits per heavy atom. The van der Waals surface area contributed by atoms with Crippen molar-refractivity contribution in [3.05, 3.63) is 117 Å². The van der Waals surface area contributed by atoms with E-state index in [0.717, 1.165) is 60.9 Å². The van der Waals surface area contributed by atoms with Gasteiger partial charge in [-0.15, -0.1) is 0 Å². The van der Waals surface area contributed by atoms with Crippen LogP contribution in [0, 0.1) is 0 Å². The SMILES string of the molecule is CCOC(=O)C1Nc2ccccc2N(C2C[C@H]3CC[C@@H](C2)N3C2CCCCCCC2)C1=O.CCOC(=O)c1nc2ccccc2n(C2C[C@H]3CC[C@@H](C2)N3C2/C=C\CCCCC2)c1=O.CCOC(=O)c1nc2ccccc2n(C2C[C@H]3CC[C@@H](C2)N3C2CCCCCCC2)c1=O.O.O.[HH].[Pd]. The maximum Gasteiger partial charge on any atom is 0.362 e. The molecule has 6 bridgehead atoms. The van der Waals surface area contributed by atoms with Crippen LogP contribution in [0.15, 0.2) is 94.5 Å². The van der Waals surface area contributed by atoms with E-state index in [1.165, 1.54) is 161 Å². The van der Waals surface area contributed by atoms with Gasteiger partial charge in [0.2, 0.25) is 17.4 Å². The number of benzene rings is 3. The van der Waals surface area contributed by atoms with Gasteiger partial charge in [0.1, 0.15) is 0 Å². The Morgan fingerprint density at radius 3 is 1.31 bits per heavy atom. The average molecular weight is 1460 g/mol. The van der Waals surface area contributed by atoms with Crippen molar-refractivity contribution < 1.29 is 66.2 Å². The summed E-state index contributed by atoms with van der Waals surface area (Å²) in [4.78, 5) is 97.2. The first kappa shape index (κ1) is 75.5. The molecule has 21 heteroatoms. The van der Waals surface area contributed by atoms with Crippen LogP contribution in [0.4, 0.5) is 11.4 Å². The summed E-state index contributed by atoms with van der Waals surface area (Å²) in [6.07, 6.45) is 43.3. The molecule has 2 saturated carbocycles. The fourth-order valence-corrected chi connectivity index (χ4v) is 19.5. The standard InChI is InChI=1S/C26H37N3O3.C26H35N3O3.C26H33N3O3.2H2O.Pd.H2/c3*1-2-32-26(31)24-25(30)29(23-13-9-8-12-22(23)27-24)21-16-19-14-15-20(17-21)28(19)18-10-6-4-3-5-7-11-18;;;;/h8-9,12-13,18-21,24,27H,2-7,10-11,14-17H2,1H3;8-9,12-13,18-21H,2-7,10-11,14-17H2,1H3;6,8-10,12-13,18-21H,2-5,7,11,14-17H2,1H3;2*1H2;;1H/b;;10-6-;;;;/t19-,20+,21?,24?;19-,20+,21?;18?,19-,20+,21?;;;;. The number of allylic oxidation sites excluding steroid dienone is 1. The second kappa shape index (κ2) is 35.1. The summed E-state index contributed by atoms with van der Waals surface area (Å²) in [6, 6.07) is 27.7. The van der Waals surface area contributed by atoms with Crippen LogP contribution in [0.5, 0.6) is 0 Å². The van der Waals surface area contributed by atoms with Crippen LogP contribution in [0.25, 0.3) is 22.1 Å². The van der Waals surface area contributed by atoms with Crippen LogP contribution in [-0.4, -0.2) is 155 Å². The predicted molar refractivity (Wildman–Crippen MR) is 385 cm³/mol. The fourth-order valence-electron chi connectivity index (χ4n) is 19.5. The van der Waals surface area contributed by atoms with E-state index in [1.54, 1.807) is 20.8 Å². The van der Waals surface area contributed by atoms with E-state index in [9.17, 15) is 28.8 Å². The Hall–Kier alpha value is -6.18. The van der Waals surface area contributed by atoms with Gasteiger partial charge in [0, 0.05) is 94.4 Å². The van der Waals surface area contributed by atoms with Crippen molar-refractivity contribution in [2.75, 3.05) is 30.0 Å². The van der Waals surface area contributed by atoms with Gasteiger partial charge in [-0.25, -0.2) is 24.4 Å². The summed E-state index contributed by atoms with van der Waals surface area (Å²) in [5.74, 6) is -1.89. The molecule has 20 nitrogen and oxygen atoms in total. The number of para-hydroxylation sites is 6. The first-order valence-corrected chi connectivity index (χ1v) is 37.7. The van der Waals surface area contributed by atoms with Crippen molar-refractivity contribution in [3.63, 3.8) is 0 Å². The molecule has 1 amide bonds. The number of hydrogen-bond acceptors (Lipinski definition) is 15. The van der Waals surface area contributed by atoms with E-state index in [4.69, 9.17) is 14.2 Å². The molecule has 15 rings (SSSR count). The number of nitrogens with zero attached hydrogens (tertiary/aromatic N) is 8. The minimum atomic E-state index is -0.953. The minimum absolute atomic E-state index is 0. The molecule has 9 heterocycles. The predicted octanol–water partition coefficient (Wildman–Crippen LogP) is 12.6. The Kier molecular flexibility index (Phi) is 26.8. The largest absolute Gasteiger partial charge is 0.464 e. The number of carbonyl (C=O) groups is 4. The maximum absolute atomic E-state index is 13.6. The Balaban J connectivity index is 0.000000172. The molecule has 99 heavy (non-hydrogen) atoms. The van der Waals surface area contributed by atoms with E-state index < -0.39 is 23.9 Å². The smallest absolute Gasteiger partial charge is 0.362 e. The van der Waals surface area contributed by atoms with Gasteiger partial charge in [-0.1, -0.05) is 126 Å². The molecular weight excluding hydrogens is 1350 g/mol. The zero-order valence-electron chi connectivity index (χ0n) is 58.7. The molecule has 0 radical (unpaired) electrons. The van der Waals surface area contributed by atoms with E-state index in [2.05, 4.69) is 42.1 Å². The number of rotatable bonds is 12. The molecular formula is C78H111N9O11Pd. The summed E-state index contributed by atoms with van der Waals surface area (Å²) in [5, 5.41) is 3.14. The third-order valence-electron chi connectivity index (χ3n) is 23.5. The van der Waals surface area contributed by atoms with Gasteiger partial charge in [-0.05, 0) is 179 Å². The van der Waals surface area contributed by atoms with Gasteiger partial charge in [0.05, 0.1) is 53.3 Å². The number of ether oxygens (including phenoxy) is 3. The van der Waals surface area contributed by atoms with E-state index in [-0.39, 0.29) is 99.2 Å². The third-order valence-corrected chi connectivity index (χ3v) is 23.5. The second-order valence-electron chi connectivity index (χ2n) is 29.2. The first-order valence-electron chi connectivity index (χ1n) is 37.7. The number of fused-ring (bicyclic) bond motifs is 9. The molecule has 6 saturated heterocycles. The first-order chi connectivity index (χ1) is 47.0. The summed E-state index contributed by atoms with van der Waals surface area (Å²) in [7, 11) is 0. The van der Waals surface area contributed by atoms with Crippen LogP contribution in [0.1, 0.15) is 254 Å². The van der Waals surface area contributed by atoms with Gasteiger partial charge < -0.3 is 44.5 Å². The van der Waals surface area contributed by atoms with Gasteiger partial charge in [-0.3, -0.25) is 29.1 Å². The number of aromatic nitrogens is 4. The van der Waals surface area contributed by atoms with E-state index >= 15 is 0 Å². The van der Waals surface area contributed by atoms with Crippen LogP contribution in [-0.2, 0) is 44.2 Å². The quantitative estimate of drug-likeness (QED) is 0.0401. The molecule has 11 atom stereocenters.